The number of hydrogen-bond acceptors (Lipinski definition) is 3. The minimum atomic E-state index is -0.299. The molecule has 0 aliphatic heterocycles. The summed E-state index contributed by atoms with van der Waals surface area (Å²) in [6, 6.07) is 2.18. The number of anilines is 1. The first-order valence-corrected chi connectivity index (χ1v) is 5.73. The molecular formula is C12H12N2S. The Morgan fingerprint density at radius 1 is 1.60 bits per heavy atom. The van der Waals surface area contributed by atoms with Crippen LogP contribution in [0.4, 0.5) is 5.00 Å². The van der Waals surface area contributed by atoms with Gasteiger partial charge in [0, 0.05) is 10.4 Å². The molecule has 0 bridgehead atoms. The third-order valence-corrected chi connectivity index (χ3v) is 4.15. The van der Waals surface area contributed by atoms with Crippen molar-refractivity contribution in [3.8, 4) is 18.4 Å². The maximum absolute atomic E-state index is 9.10. The maximum Gasteiger partial charge on any atom is 0.104 e. The van der Waals surface area contributed by atoms with Gasteiger partial charge in [0.2, 0.25) is 0 Å². The van der Waals surface area contributed by atoms with Crippen molar-refractivity contribution in [3.05, 3.63) is 16.0 Å². The van der Waals surface area contributed by atoms with E-state index in [1.54, 1.807) is 0 Å². The fourth-order valence-corrected chi connectivity index (χ4v) is 3.43. The lowest BCUT2D eigenvalue weighted by molar-refractivity contribution is 0.502. The lowest BCUT2D eigenvalue weighted by Crippen LogP contribution is -2.25. The number of nitrogens with two attached hydrogens (primary N) is 1. The first-order chi connectivity index (χ1) is 7.12. The van der Waals surface area contributed by atoms with Crippen LogP contribution in [0.5, 0.6) is 0 Å². The van der Waals surface area contributed by atoms with Gasteiger partial charge >= 0.3 is 0 Å². The smallest absolute Gasteiger partial charge is 0.104 e. The van der Waals surface area contributed by atoms with E-state index in [0.29, 0.717) is 10.6 Å². The molecule has 2 rings (SSSR count). The van der Waals surface area contributed by atoms with Crippen molar-refractivity contribution in [1.29, 1.82) is 5.26 Å². The van der Waals surface area contributed by atoms with Gasteiger partial charge in [-0.1, -0.05) is 5.92 Å². The van der Waals surface area contributed by atoms with Crippen LogP contribution in [-0.4, -0.2) is 0 Å². The summed E-state index contributed by atoms with van der Waals surface area (Å²) in [5.41, 5.74) is 7.16. The van der Waals surface area contributed by atoms with Crippen molar-refractivity contribution >= 4 is 16.3 Å². The van der Waals surface area contributed by atoms with Crippen LogP contribution in [0.25, 0.3) is 0 Å². The van der Waals surface area contributed by atoms with Gasteiger partial charge in [-0.15, -0.1) is 17.8 Å². The first-order valence-electron chi connectivity index (χ1n) is 4.92. The number of nitrogen functional groups attached to an aromatic ring is 1. The van der Waals surface area contributed by atoms with Crippen LogP contribution >= 0.6 is 11.3 Å². The molecule has 0 amide bonds. The maximum atomic E-state index is 9.10. The molecular weight excluding hydrogens is 204 g/mol. The third-order valence-electron chi connectivity index (χ3n) is 3.07. The van der Waals surface area contributed by atoms with E-state index in [4.69, 9.17) is 17.4 Å². The number of hydrogen-bond donors (Lipinski definition) is 1. The largest absolute Gasteiger partial charge is 0.389 e. The molecule has 1 heterocycles. The van der Waals surface area contributed by atoms with Gasteiger partial charge in [0.15, 0.2) is 0 Å². The van der Waals surface area contributed by atoms with Crippen LogP contribution < -0.4 is 5.73 Å². The highest BCUT2D eigenvalue weighted by Gasteiger charge is 2.35. The molecule has 0 unspecified atom stereocenters. The van der Waals surface area contributed by atoms with Crippen LogP contribution in [0.2, 0.25) is 0 Å². The van der Waals surface area contributed by atoms with E-state index >= 15 is 0 Å². The molecule has 0 saturated carbocycles. The number of thiophene rings is 1. The first kappa shape index (κ1) is 10.1. The van der Waals surface area contributed by atoms with Crippen LogP contribution in [0.3, 0.4) is 0 Å². The predicted molar refractivity (Wildman–Crippen MR) is 62.6 cm³/mol. The molecule has 2 nitrogen and oxygen atoms in total. The average Bonchev–Trinajstić information content (AvgIpc) is 2.55. The van der Waals surface area contributed by atoms with Crippen molar-refractivity contribution in [1.82, 2.24) is 0 Å². The summed E-state index contributed by atoms with van der Waals surface area (Å²) in [7, 11) is 0. The quantitative estimate of drug-likeness (QED) is 0.677. The molecule has 2 N–H and O–H groups in total. The van der Waals surface area contributed by atoms with Gasteiger partial charge in [0.1, 0.15) is 11.1 Å². The number of nitriles is 1. The van der Waals surface area contributed by atoms with E-state index in [2.05, 4.69) is 12.0 Å². The van der Waals surface area contributed by atoms with E-state index < -0.39 is 0 Å². The minimum absolute atomic E-state index is 0.299. The van der Waals surface area contributed by atoms with Crippen molar-refractivity contribution in [2.45, 2.75) is 31.6 Å². The second-order valence-electron chi connectivity index (χ2n) is 4.08. The fraction of sp³-hybridized carbons (Fsp3) is 0.417. The summed E-state index contributed by atoms with van der Waals surface area (Å²) >= 11 is 1.52. The van der Waals surface area contributed by atoms with Gasteiger partial charge < -0.3 is 5.73 Å². The van der Waals surface area contributed by atoms with E-state index in [9.17, 15) is 0 Å². The molecule has 76 valence electrons. The Kier molecular flexibility index (Phi) is 2.21. The van der Waals surface area contributed by atoms with Crippen LogP contribution in [0.15, 0.2) is 0 Å². The number of fused-ring (bicyclic) bond motifs is 1. The Morgan fingerprint density at radius 3 is 2.93 bits per heavy atom. The summed E-state index contributed by atoms with van der Waals surface area (Å²) in [6.45, 7) is 2.03. The molecule has 1 aliphatic carbocycles. The van der Waals surface area contributed by atoms with Crippen molar-refractivity contribution in [2.75, 3.05) is 5.73 Å². The molecule has 1 aromatic rings. The number of nitrogens with zero attached hydrogens (tertiary/aromatic N) is 1. The van der Waals surface area contributed by atoms with Crippen molar-refractivity contribution in [2.24, 2.45) is 0 Å². The molecule has 1 aliphatic rings. The van der Waals surface area contributed by atoms with Gasteiger partial charge in [-0.25, -0.2) is 0 Å². The second-order valence-corrected chi connectivity index (χ2v) is 5.22. The fourth-order valence-electron chi connectivity index (χ4n) is 2.24. The summed E-state index contributed by atoms with van der Waals surface area (Å²) in [5, 5.41) is 9.72. The Hall–Kier alpha value is -1.45. The van der Waals surface area contributed by atoms with Gasteiger partial charge in [-0.3, -0.25) is 0 Å². The Bertz CT molecular complexity index is 487. The topological polar surface area (TPSA) is 49.8 Å². The van der Waals surface area contributed by atoms with Crippen molar-refractivity contribution in [3.63, 3.8) is 0 Å². The zero-order chi connectivity index (χ0) is 11.1. The normalized spacial score (nSPS) is 23.9. The predicted octanol–water partition coefficient (Wildman–Crippen LogP) is 2.43. The number of aryl methyl sites for hydroxylation is 1. The van der Waals surface area contributed by atoms with E-state index in [1.165, 1.54) is 16.2 Å². The molecule has 1 aromatic heterocycles. The average molecular weight is 216 g/mol. The number of terminal acetylenes is 1. The zero-order valence-corrected chi connectivity index (χ0v) is 9.45. The molecule has 0 radical (unpaired) electrons. The highest BCUT2D eigenvalue weighted by atomic mass is 32.1. The number of rotatable bonds is 0. The summed E-state index contributed by atoms with van der Waals surface area (Å²) in [5.74, 6) is 2.82. The van der Waals surface area contributed by atoms with Crippen molar-refractivity contribution < 1.29 is 0 Å². The molecule has 0 spiro atoms. The monoisotopic (exact) mass is 216 g/mol. The Labute approximate surface area is 93.7 Å². The van der Waals surface area contributed by atoms with E-state index in [-0.39, 0.29) is 5.41 Å². The van der Waals surface area contributed by atoms with Gasteiger partial charge in [0.05, 0.1) is 11.0 Å². The van der Waals surface area contributed by atoms with Gasteiger partial charge in [0.25, 0.3) is 0 Å². The summed E-state index contributed by atoms with van der Waals surface area (Å²) in [6.07, 6.45) is 8.62. The SMILES string of the molecule is C#C[C@@]1(C)CCCc2sc(N)c(C#N)c21. The zero-order valence-electron chi connectivity index (χ0n) is 8.63. The molecule has 3 heteroatoms. The van der Waals surface area contributed by atoms with Gasteiger partial charge in [-0.05, 0) is 26.2 Å². The van der Waals surface area contributed by atoms with Crippen LogP contribution in [0.1, 0.15) is 35.8 Å². The highest BCUT2D eigenvalue weighted by Crippen LogP contribution is 2.44. The second kappa shape index (κ2) is 3.29. The molecule has 0 aromatic carbocycles. The van der Waals surface area contributed by atoms with E-state index in [1.807, 2.05) is 6.92 Å². The minimum Gasteiger partial charge on any atom is -0.389 e. The summed E-state index contributed by atoms with van der Waals surface area (Å²) < 4.78 is 0. The Balaban J connectivity index is 2.71. The molecule has 0 saturated heterocycles. The third kappa shape index (κ3) is 1.32. The van der Waals surface area contributed by atoms with E-state index in [0.717, 1.165) is 24.8 Å². The van der Waals surface area contributed by atoms with Crippen LogP contribution in [-0.2, 0) is 11.8 Å². The Morgan fingerprint density at radius 2 is 2.33 bits per heavy atom. The standard InChI is InChI=1S/C12H12N2S/c1-3-12(2)6-4-5-9-10(12)8(7-13)11(14)15-9/h1H,4-6,14H2,2H3/t12-/m0/s1. The molecule has 1 atom stereocenters. The lowest BCUT2D eigenvalue weighted by Gasteiger charge is -2.29. The molecule has 0 fully saturated rings. The van der Waals surface area contributed by atoms with Crippen LogP contribution in [0, 0.1) is 23.7 Å². The molecule has 15 heavy (non-hydrogen) atoms. The summed E-state index contributed by atoms with van der Waals surface area (Å²) in [4.78, 5) is 1.20. The van der Waals surface area contributed by atoms with Gasteiger partial charge in [-0.2, -0.15) is 5.26 Å². The lowest BCUT2D eigenvalue weighted by atomic mass is 9.73. The highest BCUT2D eigenvalue weighted by molar-refractivity contribution is 7.16.